The molecule has 0 saturated heterocycles. The third-order valence-electron chi connectivity index (χ3n) is 4.23. The minimum atomic E-state index is 0.372. The van der Waals surface area contributed by atoms with Crippen LogP contribution in [0.3, 0.4) is 0 Å². The van der Waals surface area contributed by atoms with Gasteiger partial charge in [0.05, 0.1) is 6.04 Å². The summed E-state index contributed by atoms with van der Waals surface area (Å²) < 4.78 is 1.22. The maximum atomic E-state index is 6.02. The molecular weight excluding hydrogens is 320 g/mol. The van der Waals surface area contributed by atoms with Gasteiger partial charge in [0.2, 0.25) is 0 Å². The van der Waals surface area contributed by atoms with Crippen molar-refractivity contribution in [2.24, 2.45) is 11.7 Å². The average molecular weight is 345 g/mol. The number of nitrogens with two attached hydrogens (primary N) is 1. The van der Waals surface area contributed by atoms with Crippen LogP contribution in [0.2, 0.25) is 0 Å². The van der Waals surface area contributed by atoms with Gasteiger partial charge in [0.25, 0.3) is 0 Å². The van der Waals surface area contributed by atoms with Gasteiger partial charge in [-0.1, -0.05) is 19.3 Å². The first-order valence-corrected chi connectivity index (χ1v) is 8.89. The zero-order valence-corrected chi connectivity index (χ0v) is 14.4. The van der Waals surface area contributed by atoms with E-state index in [2.05, 4.69) is 40.9 Å². The molecule has 0 amide bonds. The second-order valence-electron chi connectivity index (χ2n) is 5.75. The lowest BCUT2D eigenvalue weighted by atomic mass is 9.88. The average Bonchev–Trinajstić information content (AvgIpc) is 2.71. The highest BCUT2D eigenvalue weighted by molar-refractivity contribution is 9.10. The Morgan fingerprint density at radius 3 is 2.63 bits per heavy atom. The summed E-state index contributed by atoms with van der Waals surface area (Å²) in [7, 11) is 2.23. The Morgan fingerprint density at radius 2 is 2.11 bits per heavy atom. The molecule has 4 heteroatoms. The van der Waals surface area contributed by atoms with Gasteiger partial charge < -0.3 is 5.73 Å². The van der Waals surface area contributed by atoms with Crippen LogP contribution < -0.4 is 5.73 Å². The molecule has 19 heavy (non-hydrogen) atoms. The van der Waals surface area contributed by atoms with Gasteiger partial charge in [-0.2, -0.15) is 0 Å². The first kappa shape index (κ1) is 15.5. The molecule has 2 rings (SSSR count). The standard InChI is InChI=1S/C15H25BrN2S/c1-11-13(16)8-15(19-11)14(9-17)18(2)10-12-6-4-3-5-7-12/h8,12,14H,3-7,9-10,17H2,1-2H3. The minimum absolute atomic E-state index is 0.372. The molecule has 1 aromatic heterocycles. The van der Waals surface area contributed by atoms with E-state index in [1.165, 1.54) is 52.9 Å². The molecule has 1 aliphatic rings. The lowest BCUT2D eigenvalue weighted by Crippen LogP contribution is -2.34. The second-order valence-corrected chi connectivity index (χ2v) is 7.89. The summed E-state index contributed by atoms with van der Waals surface area (Å²) in [6, 6.07) is 2.62. The predicted molar refractivity (Wildman–Crippen MR) is 87.8 cm³/mol. The first-order chi connectivity index (χ1) is 9.11. The SMILES string of the molecule is Cc1sc(C(CN)N(C)CC2CCCCC2)cc1Br. The summed E-state index contributed by atoms with van der Waals surface area (Å²) >= 11 is 5.48. The topological polar surface area (TPSA) is 29.3 Å². The predicted octanol–water partition coefficient (Wildman–Crippen LogP) is 4.33. The van der Waals surface area contributed by atoms with Crippen LogP contribution in [-0.2, 0) is 0 Å². The minimum Gasteiger partial charge on any atom is -0.329 e. The van der Waals surface area contributed by atoms with Crippen LogP contribution in [-0.4, -0.2) is 25.0 Å². The van der Waals surface area contributed by atoms with E-state index in [0.717, 1.165) is 5.92 Å². The second kappa shape index (κ2) is 7.21. The number of halogens is 1. The molecule has 2 N–H and O–H groups in total. The number of thiophene rings is 1. The Kier molecular flexibility index (Phi) is 5.87. The van der Waals surface area contributed by atoms with Crippen LogP contribution in [0.4, 0.5) is 0 Å². The Balaban J connectivity index is 1.99. The van der Waals surface area contributed by atoms with Crippen LogP contribution in [0.25, 0.3) is 0 Å². The molecule has 0 bridgehead atoms. The summed E-state index contributed by atoms with van der Waals surface area (Å²) in [5.74, 6) is 0.872. The maximum Gasteiger partial charge on any atom is 0.0562 e. The summed E-state index contributed by atoms with van der Waals surface area (Å²) in [6.07, 6.45) is 7.05. The lowest BCUT2D eigenvalue weighted by Gasteiger charge is -2.31. The van der Waals surface area contributed by atoms with Crippen LogP contribution in [0.15, 0.2) is 10.5 Å². The molecule has 1 aromatic rings. The Bertz CT molecular complexity index is 379. The van der Waals surface area contributed by atoms with Crippen molar-refractivity contribution in [3.05, 3.63) is 20.3 Å². The van der Waals surface area contributed by atoms with Crippen LogP contribution in [0, 0.1) is 12.8 Å². The highest BCUT2D eigenvalue weighted by atomic mass is 79.9. The fourth-order valence-corrected chi connectivity index (χ4v) is 4.80. The quantitative estimate of drug-likeness (QED) is 0.861. The number of hydrogen-bond acceptors (Lipinski definition) is 3. The summed E-state index contributed by atoms with van der Waals surface area (Å²) in [4.78, 5) is 5.21. The van der Waals surface area contributed by atoms with Crippen molar-refractivity contribution in [3.63, 3.8) is 0 Å². The number of aryl methyl sites for hydroxylation is 1. The van der Waals surface area contributed by atoms with Gasteiger partial charge in [-0.3, -0.25) is 4.90 Å². The van der Waals surface area contributed by atoms with Crippen LogP contribution in [0.1, 0.15) is 47.9 Å². The van der Waals surface area contributed by atoms with Gasteiger partial charge in [0, 0.05) is 27.3 Å². The van der Waals surface area contributed by atoms with Gasteiger partial charge in [-0.15, -0.1) is 11.3 Å². The van der Waals surface area contributed by atoms with E-state index in [1.807, 2.05) is 11.3 Å². The van der Waals surface area contributed by atoms with Crippen molar-refractivity contribution in [3.8, 4) is 0 Å². The van der Waals surface area contributed by atoms with Crippen LogP contribution >= 0.6 is 27.3 Å². The molecule has 1 fully saturated rings. The van der Waals surface area contributed by atoms with Crippen molar-refractivity contribution in [2.75, 3.05) is 20.1 Å². The molecule has 1 aliphatic carbocycles. The van der Waals surface area contributed by atoms with E-state index in [1.54, 1.807) is 0 Å². The maximum absolute atomic E-state index is 6.02. The molecule has 0 aromatic carbocycles. The molecular formula is C15H25BrN2S. The van der Waals surface area contributed by atoms with E-state index in [-0.39, 0.29) is 0 Å². The van der Waals surface area contributed by atoms with Gasteiger partial charge in [0.15, 0.2) is 0 Å². The highest BCUT2D eigenvalue weighted by Crippen LogP contribution is 2.33. The van der Waals surface area contributed by atoms with E-state index in [4.69, 9.17) is 5.73 Å². The van der Waals surface area contributed by atoms with Crippen molar-refractivity contribution in [2.45, 2.75) is 45.1 Å². The largest absolute Gasteiger partial charge is 0.329 e. The molecule has 0 radical (unpaired) electrons. The number of rotatable bonds is 5. The van der Waals surface area contributed by atoms with Gasteiger partial charge in [-0.25, -0.2) is 0 Å². The molecule has 1 unspecified atom stereocenters. The van der Waals surface area contributed by atoms with E-state index in [0.29, 0.717) is 12.6 Å². The lowest BCUT2D eigenvalue weighted by molar-refractivity contribution is 0.187. The number of likely N-dealkylation sites (N-methyl/N-ethyl adjacent to an activating group) is 1. The van der Waals surface area contributed by atoms with E-state index >= 15 is 0 Å². The molecule has 2 nitrogen and oxygen atoms in total. The Hall–Kier alpha value is 0.100. The zero-order valence-electron chi connectivity index (χ0n) is 12.0. The van der Waals surface area contributed by atoms with Crippen molar-refractivity contribution in [1.82, 2.24) is 4.90 Å². The van der Waals surface area contributed by atoms with Gasteiger partial charge in [-0.05, 0) is 54.7 Å². The van der Waals surface area contributed by atoms with Gasteiger partial charge in [0.1, 0.15) is 0 Å². The normalized spacial score (nSPS) is 19.0. The third kappa shape index (κ3) is 4.03. The van der Waals surface area contributed by atoms with Crippen LogP contribution in [0.5, 0.6) is 0 Å². The summed E-state index contributed by atoms with van der Waals surface area (Å²) in [5.41, 5.74) is 6.02. The number of hydrogen-bond donors (Lipinski definition) is 1. The first-order valence-electron chi connectivity index (χ1n) is 7.28. The summed E-state index contributed by atoms with van der Waals surface area (Å²) in [6.45, 7) is 4.05. The van der Waals surface area contributed by atoms with Crippen molar-refractivity contribution >= 4 is 27.3 Å². The number of nitrogens with zero attached hydrogens (tertiary/aromatic N) is 1. The Morgan fingerprint density at radius 1 is 1.42 bits per heavy atom. The van der Waals surface area contributed by atoms with E-state index in [9.17, 15) is 0 Å². The fourth-order valence-electron chi connectivity index (χ4n) is 3.06. The zero-order chi connectivity index (χ0) is 13.8. The van der Waals surface area contributed by atoms with Crippen molar-refractivity contribution < 1.29 is 0 Å². The highest BCUT2D eigenvalue weighted by Gasteiger charge is 2.22. The fraction of sp³-hybridized carbons (Fsp3) is 0.733. The van der Waals surface area contributed by atoms with E-state index < -0.39 is 0 Å². The third-order valence-corrected chi connectivity index (χ3v) is 6.47. The molecule has 108 valence electrons. The van der Waals surface area contributed by atoms with Gasteiger partial charge >= 0.3 is 0 Å². The molecule has 1 atom stereocenters. The molecule has 0 aliphatic heterocycles. The summed E-state index contributed by atoms with van der Waals surface area (Å²) in [5, 5.41) is 0. The molecule has 1 heterocycles. The smallest absolute Gasteiger partial charge is 0.0562 e. The Labute approximate surface area is 129 Å². The van der Waals surface area contributed by atoms with Crippen molar-refractivity contribution in [1.29, 1.82) is 0 Å². The monoisotopic (exact) mass is 344 g/mol. The molecule has 1 saturated carbocycles. The molecule has 0 spiro atoms.